The van der Waals surface area contributed by atoms with Crippen molar-refractivity contribution in [3.05, 3.63) is 228 Å². The van der Waals surface area contributed by atoms with Crippen molar-refractivity contribution in [2.24, 2.45) is 0 Å². The summed E-state index contributed by atoms with van der Waals surface area (Å²) >= 11 is 0. The molecule has 0 saturated carbocycles. The van der Waals surface area contributed by atoms with Crippen LogP contribution in [0.5, 0.6) is 0 Å². The van der Waals surface area contributed by atoms with Crippen molar-refractivity contribution in [2.75, 3.05) is 0 Å². The molecule has 0 aliphatic heterocycles. The molecule has 0 radical (unpaired) electrons. The third-order valence-corrected chi connectivity index (χ3v) is 14.0. The molecule has 0 nitrogen and oxygen atoms in total. The van der Waals surface area contributed by atoms with E-state index in [-0.39, 0.29) is 10.8 Å². The molecule has 10 aromatic carbocycles. The smallest absolute Gasteiger partial charge is 0.0619 e. The molecule has 0 amide bonds. The highest BCUT2D eigenvalue weighted by Crippen LogP contribution is 2.63. The zero-order chi connectivity index (χ0) is 38.3. The minimum Gasteiger partial charge on any atom is -0.0619 e. The van der Waals surface area contributed by atoms with Crippen molar-refractivity contribution >= 4 is 32.3 Å². The molecule has 0 aromatic heterocycles. The molecule has 0 atom stereocenters. The van der Waals surface area contributed by atoms with E-state index in [0.717, 1.165) is 0 Å². The van der Waals surface area contributed by atoms with Crippen LogP contribution in [0.25, 0.3) is 88.0 Å². The molecule has 10 aromatic rings. The Kier molecular flexibility index (Phi) is 6.26. The quantitative estimate of drug-likeness (QED) is 0.155. The molecule has 1 spiro atoms. The fourth-order valence-corrected chi connectivity index (χ4v) is 11.6. The molecule has 0 bridgehead atoms. The van der Waals surface area contributed by atoms with E-state index < -0.39 is 0 Å². The van der Waals surface area contributed by atoms with Gasteiger partial charge in [0.15, 0.2) is 0 Å². The van der Waals surface area contributed by atoms with Gasteiger partial charge in [0, 0.05) is 5.41 Å². The van der Waals surface area contributed by atoms with Gasteiger partial charge in [0.1, 0.15) is 0 Å². The Morgan fingerprint density at radius 1 is 0.276 bits per heavy atom. The Balaban J connectivity index is 1.07. The third kappa shape index (κ3) is 3.95. The van der Waals surface area contributed by atoms with Crippen LogP contribution in [0.4, 0.5) is 0 Å². The third-order valence-electron chi connectivity index (χ3n) is 14.0. The van der Waals surface area contributed by atoms with E-state index in [2.05, 4.69) is 208 Å². The maximum absolute atomic E-state index is 2.54. The van der Waals surface area contributed by atoms with Crippen LogP contribution >= 0.6 is 0 Å². The van der Waals surface area contributed by atoms with Gasteiger partial charge in [0.25, 0.3) is 0 Å². The number of fused-ring (bicyclic) bond motifs is 16. The first kappa shape index (κ1) is 32.1. The van der Waals surface area contributed by atoms with Crippen LogP contribution < -0.4 is 0 Å². The summed E-state index contributed by atoms with van der Waals surface area (Å²) in [6, 6.07) is 73.7. The Bertz CT molecular complexity index is 3310. The zero-order valence-electron chi connectivity index (χ0n) is 32.5. The molecular weight excluding hydrogens is 697 g/mol. The molecule has 0 unspecified atom stereocenters. The average Bonchev–Trinajstić information content (AvgIpc) is 3.82. The highest BCUT2D eigenvalue weighted by Gasteiger charge is 2.51. The Hall–Kier alpha value is -7.02. The van der Waals surface area contributed by atoms with Crippen LogP contribution in [0.1, 0.15) is 47.2 Å². The summed E-state index contributed by atoms with van der Waals surface area (Å²) in [5, 5.41) is 7.71. The predicted octanol–water partition coefficient (Wildman–Crippen LogP) is 15.1. The summed E-state index contributed by atoms with van der Waals surface area (Å²) in [4.78, 5) is 0. The van der Waals surface area contributed by atoms with E-state index in [9.17, 15) is 0 Å². The largest absolute Gasteiger partial charge is 0.0725 e. The maximum atomic E-state index is 2.54. The standard InChI is InChI=1S/C58H38/c1-57(2)49-30-28-37(32-47(49)48-31-35-15-3-4-16-36(35)33-53(48)57)55-43-20-5-7-22-45(43)56(46-23-8-6-21-44(46)55)38-27-29-42-41-19-11-14-26-52(41)58(54(42)34-38)50-24-12-9-17-39(50)40-18-10-13-25-51(40)58/h3-34H,1-2H3. The molecule has 58 heavy (non-hydrogen) atoms. The highest BCUT2D eigenvalue weighted by molar-refractivity contribution is 6.22. The number of hydrogen-bond acceptors (Lipinski definition) is 0. The van der Waals surface area contributed by atoms with Crippen LogP contribution in [-0.4, -0.2) is 0 Å². The van der Waals surface area contributed by atoms with Crippen LogP contribution in [-0.2, 0) is 10.8 Å². The fourth-order valence-electron chi connectivity index (χ4n) is 11.6. The fraction of sp³-hybridized carbons (Fsp3) is 0.0690. The molecule has 3 aliphatic carbocycles. The molecule has 13 rings (SSSR count). The van der Waals surface area contributed by atoms with Gasteiger partial charge in [-0.05, 0) is 146 Å². The molecule has 270 valence electrons. The van der Waals surface area contributed by atoms with Gasteiger partial charge in [-0.2, -0.15) is 0 Å². The second kappa shape index (κ2) is 11.3. The SMILES string of the molecule is CC1(C)c2ccc(-c3c4ccccc4c(-c4ccc5c(c4)C4(c6ccccc6-c6ccccc64)c4ccccc4-5)c4ccccc34)cc2-c2cc3ccccc3cc21. The van der Waals surface area contributed by atoms with Gasteiger partial charge < -0.3 is 0 Å². The number of benzene rings is 10. The zero-order valence-corrected chi connectivity index (χ0v) is 32.5. The number of rotatable bonds is 2. The maximum Gasteiger partial charge on any atom is 0.0725 e. The lowest BCUT2D eigenvalue weighted by molar-refractivity contribution is 0.661. The Labute approximate surface area is 338 Å². The first-order chi connectivity index (χ1) is 28.5. The van der Waals surface area contributed by atoms with Crippen LogP contribution in [0.15, 0.2) is 194 Å². The molecule has 0 N–H and O–H groups in total. The van der Waals surface area contributed by atoms with Gasteiger partial charge >= 0.3 is 0 Å². The van der Waals surface area contributed by atoms with E-state index in [4.69, 9.17) is 0 Å². The first-order valence-corrected chi connectivity index (χ1v) is 20.6. The van der Waals surface area contributed by atoms with Gasteiger partial charge in [-0.1, -0.05) is 184 Å². The minimum atomic E-state index is -0.388. The second-order valence-corrected chi connectivity index (χ2v) is 17.1. The summed E-state index contributed by atoms with van der Waals surface area (Å²) in [5.41, 5.74) is 21.0. The van der Waals surface area contributed by atoms with Crippen molar-refractivity contribution in [2.45, 2.75) is 24.7 Å². The van der Waals surface area contributed by atoms with Crippen molar-refractivity contribution < 1.29 is 0 Å². The summed E-state index contributed by atoms with van der Waals surface area (Å²) in [7, 11) is 0. The highest BCUT2D eigenvalue weighted by atomic mass is 14.5. The van der Waals surface area contributed by atoms with Gasteiger partial charge in [0.05, 0.1) is 5.41 Å². The summed E-state index contributed by atoms with van der Waals surface area (Å²) in [6.45, 7) is 4.77. The van der Waals surface area contributed by atoms with E-state index in [1.807, 2.05) is 0 Å². The van der Waals surface area contributed by atoms with E-state index in [1.54, 1.807) is 0 Å². The van der Waals surface area contributed by atoms with Crippen molar-refractivity contribution in [3.8, 4) is 55.6 Å². The van der Waals surface area contributed by atoms with Crippen molar-refractivity contribution in [1.82, 2.24) is 0 Å². The Morgan fingerprint density at radius 2 is 0.690 bits per heavy atom. The molecule has 0 heterocycles. The van der Waals surface area contributed by atoms with Crippen molar-refractivity contribution in [3.63, 3.8) is 0 Å². The summed E-state index contributed by atoms with van der Waals surface area (Å²) in [5.74, 6) is 0. The van der Waals surface area contributed by atoms with Gasteiger partial charge in [0.2, 0.25) is 0 Å². The predicted molar refractivity (Wildman–Crippen MR) is 244 cm³/mol. The average molecular weight is 735 g/mol. The Morgan fingerprint density at radius 3 is 1.24 bits per heavy atom. The number of hydrogen-bond donors (Lipinski definition) is 0. The van der Waals surface area contributed by atoms with Gasteiger partial charge in [-0.15, -0.1) is 0 Å². The lowest BCUT2D eigenvalue weighted by atomic mass is 9.70. The normalized spacial score (nSPS) is 14.7. The van der Waals surface area contributed by atoms with E-state index >= 15 is 0 Å². The molecule has 0 heteroatoms. The summed E-state index contributed by atoms with van der Waals surface area (Å²) < 4.78 is 0. The monoisotopic (exact) mass is 734 g/mol. The van der Waals surface area contributed by atoms with Crippen LogP contribution in [0.2, 0.25) is 0 Å². The lowest BCUT2D eigenvalue weighted by Gasteiger charge is -2.31. The van der Waals surface area contributed by atoms with E-state index in [0.29, 0.717) is 0 Å². The van der Waals surface area contributed by atoms with Crippen molar-refractivity contribution in [1.29, 1.82) is 0 Å². The van der Waals surface area contributed by atoms with Crippen LogP contribution in [0, 0.1) is 0 Å². The van der Waals surface area contributed by atoms with Gasteiger partial charge in [-0.25, -0.2) is 0 Å². The van der Waals surface area contributed by atoms with Crippen LogP contribution in [0.3, 0.4) is 0 Å². The molecule has 0 saturated heterocycles. The minimum absolute atomic E-state index is 0.0772. The van der Waals surface area contributed by atoms with Gasteiger partial charge in [-0.3, -0.25) is 0 Å². The summed E-state index contributed by atoms with van der Waals surface area (Å²) in [6.07, 6.45) is 0. The molecular formula is C58H38. The molecule has 0 fully saturated rings. The molecule has 3 aliphatic rings. The van der Waals surface area contributed by atoms with E-state index in [1.165, 1.54) is 121 Å². The second-order valence-electron chi connectivity index (χ2n) is 17.1. The first-order valence-electron chi connectivity index (χ1n) is 20.6. The topological polar surface area (TPSA) is 0 Å². The lowest BCUT2D eigenvalue weighted by Crippen LogP contribution is -2.25.